The number of aromatic hydroxyl groups is 1. The number of phenolic OH excluding ortho intramolecular Hbond substituents is 1. The normalized spacial score (nSPS) is 18.8. The van der Waals surface area contributed by atoms with Gasteiger partial charge in [0.05, 0.1) is 0 Å². The third-order valence-corrected chi connectivity index (χ3v) is 5.13. The lowest BCUT2D eigenvalue weighted by Gasteiger charge is -2.33. The number of hydrogen-bond donors (Lipinski definition) is 2. The van der Waals surface area contributed by atoms with E-state index in [1.807, 2.05) is 42.5 Å². The molecule has 1 aliphatic carbocycles. The van der Waals surface area contributed by atoms with E-state index < -0.39 is 0 Å². The molecule has 4 rings (SSSR count). The van der Waals surface area contributed by atoms with Crippen LogP contribution in [0.1, 0.15) is 36.4 Å². The SMILES string of the molecule is O=C(NC1CC1)C(c1ccccc1)N1CC=C(c2ccc(O)cc2)CC1. The minimum atomic E-state index is -0.241. The van der Waals surface area contributed by atoms with Crippen molar-refractivity contribution in [3.05, 3.63) is 71.8 Å². The highest BCUT2D eigenvalue weighted by atomic mass is 16.3. The Hall–Kier alpha value is -2.59. The van der Waals surface area contributed by atoms with E-state index in [0.29, 0.717) is 6.04 Å². The van der Waals surface area contributed by atoms with E-state index in [1.54, 1.807) is 12.1 Å². The maximum absolute atomic E-state index is 12.9. The van der Waals surface area contributed by atoms with Crippen molar-refractivity contribution in [3.8, 4) is 5.75 Å². The molecular weight excluding hydrogens is 324 g/mol. The van der Waals surface area contributed by atoms with Gasteiger partial charge in [0.25, 0.3) is 0 Å². The molecular formula is C22H24N2O2. The lowest BCUT2D eigenvalue weighted by Crippen LogP contribution is -2.43. The van der Waals surface area contributed by atoms with Gasteiger partial charge in [0.2, 0.25) is 5.91 Å². The van der Waals surface area contributed by atoms with Crippen molar-refractivity contribution in [1.82, 2.24) is 10.2 Å². The van der Waals surface area contributed by atoms with Gasteiger partial charge in [-0.3, -0.25) is 9.69 Å². The first-order valence-electron chi connectivity index (χ1n) is 9.28. The Morgan fingerprint density at radius 2 is 1.81 bits per heavy atom. The summed E-state index contributed by atoms with van der Waals surface area (Å²) in [4.78, 5) is 15.1. The van der Waals surface area contributed by atoms with Crippen LogP contribution in [-0.2, 0) is 4.79 Å². The van der Waals surface area contributed by atoms with Crippen molar-refractivity contribution in [2.45, 2.75) is 31.3 Å². The van der Waals surface area contributed by atoms with Crippen molar-refractivity contribution in [1.29, 1.82) is 0 Å². The van der Waals surface area contributed by atoms with Gasteiger partial charge in [-0.2, -0.15) is 0 Å². The molecule has 1 saturated carbocycles. The van der Waals surface area contributed by atoms with Gasteiger partial charge in [-0.15, -0.1) is 0 Å². The Balaban J connectivity index is 1.53. The summed E-state index contributed by atoms with van der Waals surface area (Å²) in [6.07, 6.45) is 5.29. The first kappa shape index (κ1) is 16.9. The molecule has 0 radical (unpaired) electrons. The molecule has 1 atom stereocenters. The van der Waals surface area contributed by atoms with E-state index in [4.69, 9.17) is 0 Å². The van der Waals surface area contributed by atoms with Crippen molar-refractivity contribution in [2.24, 2.45) is 0 Å². The third kappa shape index (κ3) is 3.81. The standard InChI is InChI=1S/C22H24N2O2/c25-20-10-6-16(7-11-20)17-12-14-24(15-13-17)21(18-4-2-1-3-5-18)22(26)23-19-8-9-19/h1-7,10-12,19,21,25H,8-9,13-15H2,(H,23,26). The number of nitrogens with zero attached hydrogens (tertiary/aromatic N) is 1. The third-order valence-electron chi connectivity index (χ3n) is 5.13. The zero-order chi connectivity index (χ0) is 17.9. The van der Waals surface area contributed by atoms with Crippen LogP contribution in [0.25, 0.3) is 5.57 Å². The summed E-state index contributed by atoms with van der Waals surface area (Å²) in [6, 6.07) is 17.5. The van der Waals surface area contributed by atoms with Gasteiger partial charge >= 0.3 is 0 Å². The number of carbonyl (C=O) groups is 1. The van der Waals surface area contributed by atoms with Crippen molar-refractivity contribution >= 4 is 11.5 Å². The second kappa shape index (κ2) is 7.34. The minimum absolute atomic E-state index is 0.111. The topological polar surface area (TPSA) is 52.6 Å². The van der Waals surface area contributed by atoms with Crippen molar-refractivity contribution in [2.75, 3.05) is 13.1 Å². The highest BCUT2D eigenvalue weighted by molar-refractivity contribution is 5.84. The Bertz CT molecular complexity index is 795. The van der Waals surface area contributed by atoms with Crippen LogP contribution in [0.3, 0.4) is 0 Å². The van der Waals surface area contributed by atoms with E-state index >= 15 is 0 Å². The highest BCUT2D eigenvalue weighted by Crippen LogP contribution is 2.30. The molecule has 1 unspecified atom stereocenters. The second-order valence-corrected chi connectivity index (χ2v) is 7.12. The largest absolute Gasteiger partial charge is 0.508 e. The van der Waals surface area contributed by atoms with E-state index in [-0.39, 0.29) is 17.7 Å². The van der Waals surface area contributed by atoms with Crippen LogP contribution in [-0.4, -0.2) is 35.0 Å². The van der Waals surface area contributed by atoms with E-state index in [2.05, 4.69) is 16.3 Å². The van der Waals surface area contributed by atoms with Crippen molar-refractivity contribution in [3.63, 3.8) is 0 Å². The molecule has 0 aromatic heterocycles. The summed E-state index contributed by atoms with van der Waals surface area (Å²) in [6.45, 7) is 1.58. The zero-order valence-electron chi connectivity index (χ0n) is 14.8. The summed E-state index contributed by atoms with van der Waals surface area (Å²) in [5.41, 5.74) is 3.46. The van der Waals surface area contributed by atoms with E-state index in [9.17, 15) is 9.90 Å². The average molecular weight is 348 g/mol. The molecule has 134 valence electrons. The molecule has 26 heavy (non-hydrogen) atoms. The van der Waals surface area contributed by atoms with Crippen LogP contribution in [0.4, 0.5) is 0 Å². The molecule has 2 N–H and O–H groups in total. The summed E-state index contributed by atoms with van der Waals surface area (Å²) in [5.74, 6) is 0.396. The maximum atomic E-state index is 12.9. The van der Waals surface area contributed by atoms with Gasteiger partial charge in [-0.05, 0) is 48.1 Å². The van der Waals surface area contributed by atoms with Crippen LogP contribution >= 0.6 is 0 Å². The van der Waals surface area contributed by atoms with Crippen LogP contribution in [0.15, 0.2) is 60.7 Å². The second-order valence-electron chi connectivity index (χ2n) is 7.12. The molecule has 2 aromatic rings. The van der Waals surface area contributed by atoms with Gasteiger partial charge in [-0.1, -0.05) is 48.5 Å². The van der Waals surface area contributed by atoms with Gasteiger partial charge in [0, 0.05) is 19.1 Å². The number of hydrogen-bond acceptors (Lipinski definition) is 3. The first-order chi connectivity index (χ1) is 12.7. The number of phenols is 1. The predicted octanol–water partition coefficient (Wildman–Crippen LogP) is 3.50. The summed E-state index contributed by atoms with van der Waals surface area (Å²) >= 11 is 0. The summed E-state index contributed by atoms with van der Waals surface area (Å²) in [5, 5.41) is 12.6. The fourth-order valence-electron chi connectivity index (χ4n) is 3.53. The number of amides is 1. The monoisotopic (exact) mass is 348 g/mol. The average Bonchev–Trinajstić information content (AvgIpc) is 3.48. The van der Waals surface area contributed by atoms with Gasteiger partial charge < -0.3 is 10.4 Å². The smallest absolute Gasteiger partial charge is 0.242 e. The maximum Gasteiger partial charge on any atom is 0.242 e. The predicted molar refractivity (Wildman–Crippen MR) is 103 cm³/mol. The number of carbonyl (C=O) groups excluding carboxylic acids is 1. The van der Waals surface area contributed by atoms with Crippen LogP contribution in [0, 0.1) is 0 Å². The lowest BCUT2D eigenvalue weighted by atomic mass is 9.96. The highest BCUT2D eigenvalue weighted by Gasteiger charge is 2.32. The van der Waals surface area contributed by atoms with Crippen LogP contribution in [0.5, 0.6) is 5.75 Å². The van der Waals surface area contributed by atoms with Crippen LogP contribution < -0.4 is 5.32 Å². The Labute approximate surface area is 154 Å². The fourth-order valence-corrected chi connectivity index (χ4v) is 3.53. The molecule has 0 bridgehead atoms. The summed E-state index contributed by atoms with van der Waals surface area (Å²) in [7, 11) is 0. The molecule has 0 saturated heterocycles. The molecule has 0 spiro atoms. The Morgan fingerprint density at radius 3 is 2.42 bits per heavy atom. The molecule has 1 fully saturated rings. The quantitative estimate of drug-likeness (QED) is 0.869. The molecule has 1 amide bonds. The minimum Gasteiger partial charge on any atom is -0.508 e. The number of nitrogens with one attached hydrogen (secondary N) is 1. The summed E-state index contributed by atoms with van der Waals surface area (Å²) < 4.78 is 0. The van der Waals surface area contributed by atoms with Crippen molar-refractivity contribution < 1.29 is 9.90 Å². The van der Waals surface area contributed by atoms with Gasteiger partial charge in [0.15, 0.2) is 0 Å². The fraction of sp³-hybridized carbons (Fsp3) is 0.318. The molecule has 2 aliphatic rings. The van der Waals surface area contributed by atoms with Gasteiger partial charge in [-0.25, -0.2) is 0 Å². The lowest BCUT2D eigenvalue weighted by molar-refractivity contribution is -0.126. The Morgan fingerprint density at radius 1 is 1.08 bits per heavy atom. The molecule has 1 heterocycles. The van der Waals surface area contributed by atoms with Crippen LogP contribution in [0.2, 0.25) is 0 Å². The molecule has 4 nitrogen and oxygen atoms in total. The van der Waals surface area contributed by atoms with Gasteiger partial charge in [0.1, 0.15) is 11.8 Å². The molecule has 1 aliphatic heterocycles. The molecule has 4 heteroatoms. The number of rotatable bonds is 5. The van der Waals surface area contributed by atoms with E-state index in [1.165, 1.54) is 5.57 Å². The molecule has 2 aromatic carbocycles. The first-order valence-corrected chi connectivity index (χ1v) is 9.28. The Kier molecular flexibility index (Phi) is 4.76. The number of benzene rings is 2. The zero-order valence-corrected chi connectivity index (χ0v) is 14.8. The van der Waals surface area contributed by atoms with E-state index in [0.717, 1.165) is 43.5 Å².